The molecule has 1 aromatic rings. The molecule has 0 aromatic heterocycles. The van der Waals surface area contributed by atoms with E-state index >= 15 is 0 Å². The molecule has 0 bridgehead atoms. The van der Waals surface area contributed by atoms with Gasteiger partial charge >= 0.3 is 0 Å². The summed E-state index contributed by atoms with van der Waals surface area (Å²) >= 11 is 0. The zero-order chi connectivity index (χ0) is 13.5. The zero-order valence-corrected chi connectivity index (χ0v) is 11.4. The van der Waals surface area contributed by atoms with Crippen LogP contribution >= 0.6 is 0 Å². The second-order valence-electron chi connectivity index (χ2n) is 4.60. The molecule has 3 nitrogen and oxygen atoms in total. The van der Waals surface area contributed by atoms with Crippen LogP contribution in [0.25, 0.3) is 0 Å². The van der Waals surface area contributed by atoms with Gasteiger partial charge in [0.15, 0.2) is 0 Å². The van der Waals surface area contributed by atoms with Crippen LogP contribution < -0.4 is 10.6 Å². The molecular formula is C14H23FN2O. The molecule has 1 rings (SSSR count). The number of benzene rings is 1. The van der Waals surface area contributed by atoms with Crippen LogP contribution in [0.1, 0.15) is 19.4 Å². The summed E-state index contributed by atoms with van der Waals surface area (Å²) in [5, 5.41) is 0. The van der Waals surface area contributed by atoms with Gasteiger partial charge in [0, 0.05) is 19.7 Å². The second kappa shape index (κ2) is 7.34. The highest BCUT2D eigenvalue weighted by molar-refractivity contribution is 5.50. The van der Waals surface area contributed by atoms with Crippen molar-refractivity contribution in [1.82, 2.24) is 0 Å². The first-order valence-corrected chi connectivity index (χ1v) is 6.34. The lowest BCUT2D eigenvalue weighted by Gasteiger charge is -2.29. The van der Waals surface area contributed by atoms with Gasteiger partial charge in [0.2, 0.25) is 0 Å². The van der Waals surface area contributed by atoms with E-state index in [1.165, 1.54) is 0 Å². The van der Waals surface area contributed by atoms with Crippen molar-refractivity contribution in [3.63, 3.8) is 0 Å². The molecule has 0 spiro atoms. The van der Waals surface area contributed by atoms with Crippen molar-refractivity contribution in [3.8, 4) is 0 Å². The monoisotopic (exact) mass is 254 g/mol. The third-order valence-corrected chi connectivity index (χ3v) is 2.91. The topological polar surface area (TPSA) is 38.5 Å². The summed E-state index contributed by atoms with van der Waals surface area (Å²) in [6.07, 6.45) is 0.705. The molecule has 0 aliphatic rings. The van der Waals surface area contributed by atoms with Gasteiger partial charge in [-0.2, -0.15) is 0 Å². The first-order valence-electron chi connectivity index (χ1n) is 6.34. The number of nitrogens with zero attached hydrogens (tertiary/aromatic N) is 1. The molecule has 0 atom stereocenters. The SMILES string of the molecule is COCCN(c1ccc(CCN)cc1F)C(C)C. The minimum Gasteiger partial charge on any atom is -0.383 e. The zero-order valence-electron chi connectivity index (χ0n) is 11.4. The molecule has 102 valence electrons. The Hall–Kier alpha value is -1.13. The van der Waals surface area contributed by atoms with Crippen molar-refractivity contribution < 1.29 is 9.13 Å². The average molecular weight is 254 g/mol. The van der Waals surface area contributed by atoms with Crippen molar-refractivity contribution in [2.75, 3.05) is 31.7 Å². The maximum atomic E-state index is 14.1. The minimum absolute atomic E-state index is 0.189. The van der Waals surface area contributed by atoms with Crippen LogP contribution in [0.5, 0.6) is 0 Å². The quantitative estimate of drug-likeness (QED) is 0.810. The summed E-state index contributed by atoms with van der Waals surface area (Å²) in [7, 11) is 1.65. The normalized spacial score (nSPS) is 11.0. The summed E-state index contributed by atoms with van der Waals surface area (Å²) in [6.45, 7) is 5.89. The fourth-order valence-electron chi connectivity index (χ4n) is 1.95. The van der Waals surface area contributed by atoms with Gasteiger partial charge in [0.25, 0.3) is 0 Å². The summed E-state index contributed by atoms with van der Waals surface area (Å²) in [5.41, 5.74) is 7.04. The van der Waals surface area contributed by atoms with E-state index in [1.54, 1.807) is 13.2 Å². The molecule has 0 fully saturated rings. The number of hydrogen-bond donors (Lipinski definition) is 1. The molecule has 18 heavy (non-hydrogen) atoms. The van der Waals surface area contributed by atoms with Crippen LogP contribution in [0.4, 0.5) is 10.1 Å². The molecule has 0 aliphatic carbocycles. The van der Waals surface area contributed by atoms with E-state index in [2.05, 4.69) is 0 Å². The van der Waals surface area contributed by atoms with E-state index < -0.39 is 0 Å². The second-order valence-corrected chi connectivity index (χ2v) is 4.60. The van der Waals surface area contributed by atoms with Gasteiger partial charge in [-0.3, -0.25) is 0 Å². The smallest absolute Gasteiger partial charge is 0.146 e. The van der Waals surface area contributed by atoms with Crippen molar-refractivity contribution in [2.45, 2.75) is 26.3 Å². The molecule has 0 saturated heterocycles. The predicted octanol–water partition coefficient (Wildman–Crippen LogP) is 2.19. The van der Waals surface area contributed by atoms with Crippen LogP contribution in [0, 0.1) is 5.82 Å². The van der Waals surface area contributed by atoms with Gasteiger partial charge in [-0.05, 0) is 44.5 Å². The first kappa shape index (κ1) is 14.9. The summed E-state index contributed by atoms with van der Waals surface area (Å²) in [4.78, 5) is 2.01. The Labute approximate surface area is 109 Å². The molecular weight excluding hydrogens is 231 g/mol. The Bertz CT molecular complexity index is 369. The van der Waals surface area contributed by atoms with E-state index in [4.69, 9.17) is 10.5 Å². The maximum absolute atomic E-state index is 14.1. The highest BCUT2D eigenvalue weighted by Gasteiger charge is 2.14. The molecule has 0 unspecified atom stereocenters. The van der Waals surface area contributed by atoms with E-state index in [9.17, 15) is 4.39 Å². The van der Waals surface area contributed by atoms with Crippen LogP contribution in [0.3, 0.4) is 0 Å². The number of anilines is 1. The van der Waals surface area contributed by atoms with E-state index in [0.717, 1.165) is 5.56 Å². The molecule has 0 aliphatic heterocycles. The third-order valence-electron chi connectivity index (χ3n) is 2.91. The van der Waals surface area contributed by atoms with Crippen molar-refractivity contribution in [2.24, 2.45) is 5.73 Å². The predicted molar refractivity (Wildman–Crippen MR) is 73.5 cm³/mol. The highest BCUT2D eigenvalue weighted by atomic mass is 19.1. The highest BCUT2D eigenvalue weighted by Crippen LogP contribution is 2.22. The van der Waals surface area contributed by atoms with Crippen LogP contribution in [0.2, 0.25) is 0 Å². The number of halogens is 1. The van der Waals surface area contributed by atoms with Gasteiger partial charge in [0.1, 0.15) is 5.82 Å². The minimum atomic E-state index is -0.189. The van der Waals surface area contributed by atoms with Gasteiger partial charge in [-0.1, -0.05) is 6.07 Å². The van der Waals surface area contributed by atoms with E-state index in [-0.39, 0.29) is 11.9 Å². The maximum Gasteiger partial charge on any atom is 0.146 e. The Morgan fingerprint density at radius 1 is 1.39 bits per heavy atom. The van der Waals surface area contributed by atoms with Crippen molar-refractivity contribution in [3.05, 3.63) is 29.6 Å². The van der Waals surface area contributed by atoms with Gasteiger partial charge < -0.3 is 15.4 Å². The Morgan fingerprint density at radius 2 is 2.11 bits per heavy atom. The fourth-order valence-corrected chi connectivity index (χ4v) is 1.95. The van der Waals surface area contributed by atoms with Crippen LogP contribution in [-0.4, -0.2) is 32.8 Å². The summed E-state index contributed by atoms with van der Waals surface area (Å²) < 4.78 is 19.2. The fraction of sp³-hybridized carbons (Fsp3) is 0.571. The van der Waals surface area contributed by atoms with Gasteiger partial charge in [0.05, 0.1) is 12.3 Å². The lowest BCUT2D eigenvalue weighted by Crippen LogP contribution is -2.34. The summed E-state index contributed by atoms with van der Waals surface area (Å²) in [5.74, 6) is -0.189. The van der Waals surface area contributed by atoms with Crippen LogP contribution in [0.15, 0.2) is 18.2 Å². The van der Waals surface area contributed by atoms with E-state index in [0.29, 0.717) is 31.8 Å². The largest absolute Gasteiger partial charge is 0.383 e. The lowest BCUT2D eigenvalue weighted by molar-refractivity contribution is 0.203. The molecule has 0 heterocycles. The molecule has 0 radical (unpaired) electrons. The molecule has 2 N–H and O–H groups in total. The number of ether oxygens (including phenoxy) is 1. The Kier molecular flexibility index (Phi) is 6.09. The standard InChI is InChI=1S/C14H23FN2O/c1-11(2)17(8-9-18-3)14-5-4-12(6-7-16)10-13(14)15/h4-5,10-11H,6-9,16H2,1-3H3. The number of nitrogens with two attached hydrogens (primary N) is 1. The first-order chi connectivity index (χ1) is 8.60. The Morgan fingerprint density at radius 3 is 2.61 bits per heavy atom. The number of rotatable bonds is 7. The Balaban J connectivity index is 2.90. The van der Waals surface area contributed by atoms with Gasteiger partial charge in [-0.25, -0.2) is 4.39 Å². The van der Waals surface area contributed by atoms with Crippen LogP contribution in [-0.2, 0) is 11.2 Å². The lowest BCUT2D eigenvalue weighted by atomic mass is 10.1. The molecule has 0 saturated carbocycles. The van der Waals surface area contributed by atoms with Crippen molar-refractivity contribution in [1.29, 1.82) is 0 Å². The molecule has 1 aromatic carbocycles. The average Bonchev–Trinajstić information content (AvgIpc) is 2.32. The third kappa shape index (κ3) is 3.96. The number of methoxy groups -OCH3 is 1. The molecule has 4 heteroatoms. The molecule has 0 amide bonds. The number of hydrogen-bond acceptors (Lipinski definition) is 3. The van der Waals surface area contributed by atoms with Crippen molar-refractivity contribution >= 4 is 5.69 Å². The van der Waals surface area contributed by atoms with Gasteiger partial charge in [-0.15, -0.1) is 0 Å². The summed E-state index contributed by atoms with van der Waals surface area (Å²) in [6, 6.07) is 5.57. The van der Waals surface area contributed by atoms with E-state index in [1.807, 2.05) is 30.9 Å².